The van der Waals surface area contributed by atoms with E-state index in [0.717, 1.165) is 13.0 Å². The van der Waals surface area contributed by atoms with Crippen molar-refractivity contribution >= 4 is 5.97 Å². The maximum absolute atomic E-state index is 10.6. The SMILES string of the molecule is CCCn1nnnc1C[C@@H](C)C(=O)O. The molecule has 0 bridgehead atoms. The van der Waals surface area contributed by atoms with E-state index in [2.05, 4.69) is 15.5 Å². The Morgan fingerprint density at radius 2 is 2.36 bits per heavy atom. The minimum atomic E-state index is -0.823. The first-order valence-corrected chi connectivity index (χ1v) is 4.63. The molecule has 0 amide bonds. The molecule has 0 unspecified atom stereocenters. The average molecular weight is 198 g/mol. The number of nitrogens with zero attached hydrogens (tertiary/aromatic N) is 4. The van der Waals surface area contributed by atoms with Crippen LogP contribution in [0.3, 0.4) is 0 Å². The van der Waals surface area contributed by atoms with E-state index in [0.29, 0.717) is 12.2 Å². The number of hydrogen-bond donors (Lipinski definition) is 1. The molecule has 0 aliphatic rings. The zero-order valence-corrected chi connectivity index (χ0v) is 8.34. The number of hydrogen-bond acceptors (Lipinski definition) is 4. The van der Waals surface area contributed by atoms with Crippen LogP contribution < -0.4 is 0 Å². The second-order valence-electron chi connectivity index (χ2n) is 3.26. The summed E-state index contributed by atoms with van der Waals surface area (Å²) in [6, 6.07) is 0. The van der Waals surface area contributed by atoms with E-state index < -0.39 is 11.9 Å². The Balaban J connectivity index is 2.66. The first-order chi connectivity index (χ1) is 6.65. The summed E-state index contributed by atoms with van der Waals surface area (Å²) in [5.41, 5.74) is 0. The third-order valence-corrected chi connectivity index (χ3v) is 1.95. The molecule has 6 nitrogen and oxygen atoms in total. The van der Waals surface area contributed by atoms with Crippen molar-refractivity contribution in [3.63, 3.8) is 0 Å². The molecule has 0 spiro atoms. The summed E-state index contributed by atoms with van der Waals surface area (Å²) < 4.78 is 1.65. The van der Waals surface area contributed by atoms with E-state index in [1.54, 1.807) is 11.6 Å². The molecule has 1 heterocycles. The van der Waals surface area contributed by atoms with E-state index in [4.69, 9.17) is 5.11 Å². The lowest BCUT2D eigenvalue weighted by Gasteiger charge is -2.05. The normalized spacial score (nSPS) is 12.7. The van der Waals surface area contributed by atoms with Crippen molar-refractivity contribution in [1.29, 1.82) is 0 Å². The number of carboxylic acid groups (broad SMARTS) is 1. The van der Waals surface area contributed by atoms with E-state index in [1.807, 2.05) is 6.92 Å². The van der Waals surface area contributed by atoms with Gasteiger partial charge < -0.3 is 5.11 Å². The fourth-order valence-corrected chi connectivity index (χ4v) is 1.12. The highest BCUT2D eigenvalue weighted by Crippen LogP contribution is 2.05. The molecule has 1 atom stereocenters. The number of carboxylic acids is 1. The zero-order valence-electron chi connectivity index (χ0n) is 8.34. The van der Waals surface area contributed by atoms with E-state index in [-0.39, 0.29) is 0 Å². The number of rotatable bonds is 5. The van der Waals surface area contributed by atoms with Crippen LogP contribution in [0.25, 0.3) is 0 Å². The van der Waals surface area contributed by atoms with Gasteiger partial charge in [-0.25, -0.2) is 4.68 Å². The Kier molecular flexibility index (Phi) is 3.55. The lowest BCUT2D eigenvalue weighted by Crippen LogP contribution is -2.16. The van der Waals surface area contributed by atoms with Crippen molar-refractivity contribution in [3.8, 4) is 0 Å². The minimum Gasteiger partial charge on any atom is -0.481 e. The summed E-state index contributed by atoms with van der Waals surface area (Å²) in [6.45, 7) is 4.40. The molecule has 0 fully saturated rings. The van der Waals surface area contributed by atoms with Crippen LogP contribution in [0, 0.1) is 5.92 Å². The fraction of sp³-hybridized carbons (Fsp3) is 0.750. The van der Waals surface area contributed by atoms with E-state index in [1.165, 1.54) is 0 Å². The molecule has 1 rings (SSSR count). The minimum absolute atomic E-state index is 0.377. The molecule has 0 aliphatic carbocycles. The summed E-state index contributed by atoms with van der Waals surface area (Å²) in [5.74, 6) is -0.630. The highest BCUT2D eigenvalue weighted by Gasteiger charge is 2.15. The number of tetrazole rings is 1. The van der Waals surface area contributed by atoms with Gasteiger partial charge in [-0.3, -0.25) is 4.79 Å². The molecule has 0 saturated heterocycles. The van der Waals surface area contributed by atoms with Crippen LogP contribution in [0.5, 0.6) is 0 Å². The maximum atomic E-state index is 10.6. The second-order valence-corrected chi connectivity index (χ2v) is 3.26. The molecule has 1 aromatic heterocycles. The van der Waals surface area contributed by atoms with Crippen molar-refractivity contribution in [3.05, 3.63) is 5.82 Å². The lowest BCUT2D eigenvalue weighted by atomic mass is 10.1. The van der Waals surface area contributed by atoms with Crippen molar-refractivity contribution in [1.82, 2.24) is 20.2 Å². The molecule has 0 aliphatic heterocycles. The van der Waals surface area contributed by atoms with Gasteiger partial charge in [0.2, 0.25) is 0 Å². The van der Waals surface area contributed by atoms with Crippen molar-refractivity contribution in [2.24, 2.45) is 5.92 Å². The van der Waals surface area contributed by atoms with Crippen LogP contribution in [0.1, 0.15) is 26.1 Å². The Hall–Kier alpha value is -1.46. The summed E-state index contributed by atoms with van der Waals surface area (Å²) in [6.07, 6.45) is 1.31. The average Bonchev–Trinajstić information content (AvgIpc) is 2.53. The summed E-state index contributed by atoms with van der Waals surface area (Å²) in [5, 5.41) is 19.8. The van der Waals surface area contributed by atoms with Crippen LogP contribution in [-0.4, -0.2) is 31.3 Å². The standard InChI is InChI=1S/C8H14N4O2/c1-3-4-12-7(9-10-11-12)5-6(2)8(13)14/h6H,3-5H2,1-2H3,(H,13,14)/t6-/m1/s1. The monoisotopic (exact) mass is 198 g/mol. The molecular weight excluding hydrogens is 184 g/mol. The molecule has 14 heavy (non-hydrogen) atoms. The Bertz CT molecular complexity index is 310. The van der Waals surface area contributed by atoms with Gasteiger partial charge in [-0.15, -0.1) is 5.10 Å². The van der Waals surface area contributed by atoms with Crippen LogP contribution >= 0.6 is 0 Å². The lowest BCUT2D eigenvalue weighted by molar-refractivity contribution is -0.141. The Morgan fingerprint density at radius 3 is 2.93 bits per heavy atom. The molecular formula is C8H14N4O2. The van der Waals surface area contributed by atoms with Gasteiger partial charge in [0, 0.05) is 13.0 Å². The molecule has 6 heteroatoms. The zero-order chi connectivity index (χ0) is 10.6. The second kappa shape index (κ2) is 4.69. The first-order valence-electron chi connectivity index (χ1n) is 4.63. The topological polar surface area (TPSA) is 80.9 Å². The highest BCUT2D eigenvalue weighted by atomic mass is 16.4. The number of aliphatic carboxylic acids is 1. The van der Waals surface area contributed by atoms with Gasteiger partial charge in [0.05, 0.1) is 5.92 Å². The largest absolute Gasteiger partial charge is 0.481 e. The van der Waals surface area contributed by atoms with Crippen LogP contribution in [0.4, 0.5) is 0 Å². The highest BCUT2D eigenvalue weighted by molar-refractivity contribution is 5.69. The Morgan fingerprint density at radius 1 is 1.64 bits per heavy atom. The number of carbonyl (C=O) groups is 1. The number of aromatic nitrogens is 4. The predicted molar refractivity (Wildman–Crippen MR) is 48.6 cm³/mol. The summed E-state index contributed by atoms with van der Waals surface area (Å²) >= 11 is 0. The van der Waals surface area contributed by atoms with Crippen molar-refractivity contribution in [2.45, 2.75) is 33.2 Å². The van der Waals surface area contributed by atoms with E-state index >= 15 is 0 Å². The smallest absolute Gasteiger partial charge is 0.306 e. The van der Waals surface area contributed by atoms with Crippen LogP contribution in [0.15, 0.2) is 0 Å². The summed E-state index contributed by atoms with van der Waals surface area (Å²) in [4.78, 5) is 10.6. The molecule has 78 valence electrons. The predicted octanol–water partition coefficient (Wildman–Crippen LogP) is 0.346. The van der Waals surface area contributed by atoms with Gasteiger partial charge in [-0.2, -0.15) is 0 Å². The Labute approximate surface area is 81.9 Å². The van der Waals surface area contributed by atoms with Gasteiger partial charge in [0.15, 0.2) is 5.82 Å². The number of aryl methyl sites for hydroxylation is 1. The third-order valence-electron chi connectivity index (χ3n) is 1.95. The van der Waals surface area contributed by atoms with Crippen LogP contribution in [-0.2, 0) is 17.8 Å². The van der Waals surface area contributed by atoms with Crippen molar-refractivity contribution in [2.75, 3.05) is 0 Å². The van der Waals surface area contributed by atoms with Crippen LogP contribution in [0.2, 0.25) is 0 Å². The molecule has 1 aromatic rings. The van der Waals surface area contributed by atoms with E-state index in [9.17, 15) is 4.79 Å². The van der Waals surface area contributed by atoms with Gasteiger partial charge in [-0.05, 0) is 16.8 Å². The first kappa shape index (κ1) is 10.6. The van der Waals surface area contributed by atoms with Gasteiger partial charge in [0.25, 0.3) is 0 Å². The molecule has 0 saturated carbocycles. The molecule has 0 aromatic carbocycles. The maximum Gasteiger partial charge on any atom is 0.306 e. The summed E-state index contributed by atoms with van der Waals surface area (Å²) in [7, 11) is 0. The fourth-order valence-electron chi connectivity index (χ4n) is 1.12. The van der Waals surface area contributed by atoms with Gasteiger partial charge >= 0.3 is 5.97 Å². The van der Waals surface area contributed by atoms with Crippen molar-refractivity contribution < 1.29 is 9.90 Å². The van der Waals surface area contributed by atoms with Gasteiger partial charge in [-0.1, -0.05) is 13.8 Å². The molecule has 1 N–H and O–H groups in total. The molecule has 0 radical (unpaired) electrons. The quantitative estimate of drug-likeness (QED) is 0.738. The van der Waals surface area contributed by atoms with Gasteiger partial charge in [0.1, 0.15) is 0 Å². The third kappa shape index (κ3) is 2.51.